The van der Waals surface area contributed by atoms with Crippen molar-refractivity contribution in [1.82, 2.24) is 0 Å². The Kier molecular flexibility index (Phi) is 6.64. The van der Waals surface area contributed by atoms with E-state index in [0.29, 0.717) is 0 Å². The molecule has 0 aliphatic carbocycles. The van der Waals surface area contributed by atoms with E-state index in [1.165, 1.54) is 5.69 Å². The molecule has 0 atom stereocenters. The number of benzene rings is 1. The van der Waals surface area contributed by atoms with E-state index in [1.54, 1.807) is 6.08 Å². The molecule has 104 valence electrons. The van der Waals surface area contributed by atoms with Crippen LogP contribution in [0.4, 0.5) is 5.69 Å². The van der Waals surface area contributed by atoms with Gasteiger partial charge in [0, 0.05) is 29.3 Å². The van der Waals surface area contributed by atoms with E-state index in [-0.39, 0.29) is 0 Å². The number of carboxylic acids is 1. The molecule has 0 aromatic heterocycles. The second-order valence-electron chi connectivity index (χ2n) is 4.36. The third-order valence-electron chi connectivity index (χ3n) is 2.74. The van der Waals surface area contributed by atoms with E-state index in [9.17, 15) is 4.79 Å². The van der Waals surface area contributed by atoms with Gasteiger partial charge in [0.2, 0.25) is 0 Å². The lowest BCUT2D eigenvalue weighted by Gasteiger charge is -2.24. The summed E-state index contributed by atoms with van der Waals surface area (Å²) < 4.78 is 0.916. The predicted octanol–water partition coefficient (Wildman–Crippen LogP) is 4.17. The van der Waals surface area contributed by atoms with Gasteiger partial charge in [-0.3, -0.25) is 0 Å². The minimum absolute atomic E-state index is 0.874. The lowest BCUT2D eigenvalue weighted by molar-refractivity contribution is -0.131. The van der Waals surface area contributed by atoms with Crippen LogP contribution >= 0.6 is 15.9 Å². The van der Waals surface area contributed by atoms with Crippen LogP contribution in [-0.2, 0) is 4.79 Å². The van der Waals surface area contributed by atoms with E-state index < -0.39 is 5.97 Å². The molecule has 0 fully saturated rings. The Morgan fingerprint density at radius 3 is 2.42 bits per heavy atom. The molecule has 4 heteroatoms. The van der Waals surface area contributed by atoms with Crippen molar-refractivity contribution in [2.45, 2.75) is 26.7 Å². The Hall–Kier alpha value is -1.29. The number of carboxylic acid groups (broad SMARTS) is 1. The first-order chi connectivity index (χ1) is 9.08. The predicted molar refractivity (Wildman–Crippen MR) is 83.6 cm³/mol. The third-order valence-corrected chi connectivity index (χ3v) is 3.43. The quantitative estimate of drug-likeness (QED) is 0.765. The Balaban J connectivity index is 2.93. The molecule has 0 aliphatic rings. The molecule has 0 amide bonds. The molecule has 0 saturated heterocycles. The lowest BCUT2D eigenvalue weighted by atomic mass is 10.1. The summed E-state index contributed by atoms with van der Waals surface area (Å²) in [6.45, 7) is 6.40. The van der Waals surface area contributed by atoms with E-state index in [2.05, 4.69) is 34.7 Å². The van der Waals surface area contributed by atoms with Gasteiger partial charge in [-0.2, -0.15) is 0 Å². The molecular weight excluding hydrogens is 306 g/mol. The normalized spacial score (nSPS) is 10.9. The van der Waals surface area contributed by atoms with Crippen molar-refractivity contribution in [1.29, 1.82) is 0 Å². The van der Waals surface area contributed by atoms with Crippen molar-refractivity contribution in [2.75, 3.05) is 18.0 Å². The van der Waals surface area contributed by atoms with E-state index in [4.69, 9.17) is 5.11 Å². The molecule has 0 heterocycles. The fourth-order valence-electron chi connectivity index (χ4n) is 1.92. The Morgan fingerprint density at radius 1 is 1.32 bits per heavy atom. The first kappa shape index (κ1) is 15.8. The van der Waals surface area contributed by atoms with E-state index >= 15 is 0 Å². The van der Waals surface area contributed by atoms with Crippen LogP contribution in [0.1, 0.15) is 32.3 Å². The van der Waals surface area contributed by atoms with Crippen LogP contribution in [-0.4, -0.2) is 24.2 Å². The van der Waals surface area contributed by atoms with Gasteiger partial charge in [0.05, 0.1) is 0 Å². The number of nitrogens with zero attached hydrogens (tertiary/aromatic N) is 1. The SMILES string of the molecule is CCCN(CCC)c1ccc(/C=C/C(=O)O)c(Br)c1. The van der Waals surface area contributed by atoms with Gasteiger partial charge in [-0.05, 0) is 36.6 Å². The molecule has 0 bridgehead atoms. The lowest BCUT2D eigenvalue weighted by Crippen LogP contribution is -2.24. The van der Waals surface area contributed by atoms with Gasteiger partial charge >= 0.3 is 5.97 Å². The average Bonchev–Trinajstić information content (AvgIpc) is 2.37. The van der Waals surface area contributed by atoms with Crippen LogP contribution in [0.15, 0.2) is 28.7 Å². The smallest absolute Gasteiger partial charge is 0.328 e. The molecule has 1 rings (SSSR count). The zero-order chi connectivity index (χ0) is 14.3. The van der Waals surface area contributed by atoms with Gasteiger partial charge < -0.3 is 10.0 Å². The van der Waals surface area contributed by atoms with E-state index in [0.717, 1.165) is 42.0 Å². The van der Waals surface area contributed by atoms with Crippen molar-refractivity contribution in [3.05, 3.63) is 34.3 Å². The highest BCUT2D eigenvalue weighted by atomic mass is 79.9. The Bertz CT molecular complexity index is 451. The number of carbonyl (C=O) groups is 1. The highest BCUT2D eigenvalue weighted by Gasteiger charge is 2.06. The maximum atomic E-state index is 10.5. The number of hydrogen-bond donors (Lipinski definition) is 1. The second kappa shape index (κ2) is 8.00. The number of halogens is 1. The monoisotopic (exact) mass is 325 g/mol. The molecule has 1 N–H and O–H groups in total. The molecule has 3 nitrogen and oxygen atoms in total. The average molecular weight is 326 g/mol. The van der Waals surface area contributed by atoms with Gasteiger partial charge in [0.25, 0.3) is 0 Å². The largest absolute Gasteiger partial charge is 0.478 e. The number of aliphatic carboxylic acids is 1. The molecule has 0 spiro atoms. The third kappa shape index (κ3) is 5.07. The standard InChI is InChI=1S/C15H20BrNO2/c1-3-9-17(10-4-2)13-7-5-12(14(16)11-13)6-8-15(18)19/h5-8,11H,3-4,9-10H2,1-2H3,(H,18,19)/b8-6+. The zero-order valence-electron chi connectivity index (χ0n) is 11.4. The minimum atomic E-state index is -0.936. The summed E-state index contributed by atoms with van der Waals surface area (Å²) in [5.41, 5.74) is 2.04. The number of rotatable bonds is 7. The summed E-state index contributed by atoms with van der Waals surface area (Å²) >= 11 is 3.50. The first-order valence-corrected chi connectivity index (χ1v) is 7.33. The van der Waals surface area contributed by atoms with Crippen molar-refractivity contribution < 1.29 is 9.90 Å². The zero-order valence-corrected chi connectivity index (χ0v) is 13.0. The van der Waals surface area contributed by atoms with Crippen molar-refractivity contribution >= 4 is 33.7 Å². The summed E-state index contributed by atoms with van der Waals surface area (Å²) in [5.74, 6) is -0.936. The molecular formula is C15H20BrNO2. The molecule has 0 unspecified atom stereocenters. The van der Waals surface area contributed by atoms with Crippen LogP contribution < -0.4 is 4.90 Å². The summed E-state index contributed by atoms with van der Waals surface area (Å²) in [6.07, 6.45) is 4.96. The molecule has 0 aliphatic heterocycles. The van der Waals surface area contributed by atoms with Crippen LogP contribution in [0.2, 0.25) is 0 Å². The maximum Gasteiger partial charge on any atom is 0.328 e. The number of hydrogen-bond acceptors (Lipinski definition) is 2. The summed E-state index contributed by atoms with van der Waals surface area (Å²) in [4.78, 5) is 12.9. The highest BCUT2D eigenvalue weighted by Crippen LogP contribution is 2.25. The second-order valence-corrected chi connectivity index (χ2v) is 5.22. The molecule has 1 aromatic rings. The molecule has 0 saturated carbocycles. The first-order valence-electron chi connectivity index (χ1n) is 6.54. The summed E-state index contributed by atoms with van der Waals surface area (Å²) in [6, 6.07) is 6.03. The van der Waals surface area contributed by atoms with Gasteiger partial charge in [-0.25, -0.2) is 4.79 Å². The Morgan fingerprint density at radius 2 is 1.95 bits per heavy atom. The van der Waals surface area contributed by atoms with Gasteiger partial charge in [-0.1, -0.05) is 35.8 Å². The molecule has 1 aromatic carbocycles. The summed E-state index contributed by atoms with van der Waals surface area (Å²) in [7, 11) is 0. The van der Waals surface area contributed by atoms with Gasteiger partial charge in [0.15, 0.2) is 0 Å². The fourth-order valence-corrected chi connectivity index (χ4v) is 2.42. The van der Waals surface area contributed by atoms with Crippen LogP contribution in [0.25, 0.3) is 6.08 Å². The van der Waals surface area contributed by atoms with Crippen LogP contribution in [0, 0.1) is 0 Å². The maximum absolute atomic E-state index is 10.5. The van der Waals surface area contributed by atoms with Crippen molar-refractivity contribution in [3.63, 3.8) is 0 Å². The van der Waals surface area contributed by atoms with Crippen molar-refractivity contribution in [3.8, 4) is 0 Å². The number of anilines is 1. The van der Waals surface area contributed by atoms with Crippen LogP contribution in [0.3, 0.4) is 0 Å². The van der Waals surface area contributed by atoms with Gasteiger partial charge in [0.1, 0.15) is 0 Å². The highest BCUT2D eigenvalue weighted by molar-refractivity contribution is 9.10. The van der Waals surface area contributed by atoms with E-state index in [1.807, 2.05) is 18.2 Å². The minimum Gasteiger partial charge on any atom is -0.478 e. The molecule has 0 radical (unpaired) electrons. The fraction of sp³-hybridized carbons (Fsp3) is 0.400. The Labute approximate surface area is 123 Å². The molecule has 19 heavy (non-hydrogen) atoms. The van der Waals surface area contributed by atoms with Gasteiger partial charge in [-0.15, -0.1) is 0 Å². The topological polar surface area (TPSA) is 40.5 Å². The summed E-state index contributed by atoms with van der Waals surface area (Å²) in [5, 5.41) is 8.64. The van der Waals surface area contributed by atoms with Crippen molar-refractivity contribution in [2.24, 2.45) is 0 Å². The van der Waals surface area contributed by atoms with Crippen LogP contribution in [0.5, 0.6) is 0 Å².